The Kier molecular flexibility index (Phi) is 3.98. The van der Waals surface area contributed by atoms with E-state index < -0.39 is 11.7 Å². The molecule has 0 unspecified atom stereocenters. The van der Waals surface area contributed by atoms with Gasteiger partial charge >= 0.3 is 6.09 Å². The van der Waals surface area contributed by atoms with E-state index in [0.717, 1.165) is 4.34 Å². The summed E-state index contributed by atoms with van der Waals surface area (Å²) in [5, 5.41) is 3.34. The molecule has 0 radical (unpaired) electrons. The Morgan fingerprint density at radius 2 is 2.27 bits per heavy atom. The van der Waals surface area contributed by atoms with Crippen molar-refractivity contribution in [2.24, 2.45) is 0 Å². The number of nitrogens with one attached hydrogen (secondary N) is 1. The molecular formula is C9H14N2O2S2. The van der Waals surface area contributed by atoms with Crippen molar-refractivity contribution in [2.45, 2.75) is 30.7 Å². The lowest BCUT2D eigenvalue weighted by Crippen LogP contribution is -2.26. The number of amides is 1. The van der Waals surface area contributed by atoms with Crippen molar-refractivity contribution in [2.75, 3.05) is 11.6 Å². The third kappa shape index (κ3) is 4.53. The van der Waals surface area contributed by atoms with Crippen molar-refractivity contribution >= 4 is 34.2 Å². The molecule has 0 aliphatic heterocycles. The standard InChI is InChI=1S/C9H14N2O2S2/c1-9(2,3)13-7(12)11-6-5-10-8(14-4)15-6/h5H,1-4H3,(H,11,12). The molecule has 1 amide bonds. The Balaban J connectivity index is 2.51. The molecular weight excluding hydrogens is 232 g/mol. The highest BCUT2D eigenvalue weighted by molar-refractivity contribution is 8.00. The quantitative estimate of drug-likeness (QED) is 0.814. The molecule has 84 valence electrons. The summed E-state index contributed by atoms with van der Waals surface area (Å²) in [5.74, 6) is 0. The number of rotatable bonds is 2. The number of aromatic nitrogens is 1. The molecule has 1 aromatic heterocycles. The number of carbonyl (C=O) groups excluding carboxylic acids is 1. The first kappa shape index (κ1) is 12.3. The molecule has 0 saturated carbocycles. The van der Waals surface area contributed by atoms with Crippen LogP contribution in [-0.2, 0) is 4.74 Å². The first-order chi connectivity index (χ1) is 6.90. The zero-order chi connectivity index (χ0) is 11.5. The van der Waals surface area contributed by atoms with E-state index in [-0.39, 0.29) is 0 Å². The highest BCUT2D eigenvalue weighted by atomic mass is 32.2. The van der Waals surface area contributed by atoms with Crippen LogP contribution in [0.3, 0.4) is 0 Å². The van der Waals surface area contributed by atoms with Crippen molar-refractivity contribution < 1.29 is 9.53 Å². The summed E-state index contributed by atoms with van der Waals surface area (Å²) in [6.07, 6.45) is 3.12. The number of hydrogen-bond donors (Lipinski definition) is 1. The van der Waals surface area contributed by atoms with Gasteiger partial charge in [-0.2, -0.15) is 0 Å². The Morgan fingerprint density at radius 3 is 2.73 bits per heavy atom. The summed E-state index contributed by atoms with van der Waals surface area (Å²) in [5.41, 5.74) is -0.475. The maximum Gasteiger partial charge on any atom is 0.412 e. The van der Waals surface area contributed by atoms with Gasteiger partial charge in [0.25, 0.3) is 0 Å². The molecule has 1 heterocycles. The van der Waals surface area contributed by atoms with Gasteiger partial charge in [-0.1, -0.05) is 23.1 Å². The van der Waals surface area contributed by atoms with Crippen molar-refractivity contribution in [3.63, 3.8) is 0 Å². The number of carbonyl (C=O) groups is 1. The highest BCUT2D eigenvalue weighted by Gasteiger charge is 2.16. The van der Waals surface area contributed by atoms with Gasteiger partial charge in [-0.15, -0.1) is 0 Å². The number of ether oxygens (including phenoxy) is 1. The third-order valence-corrected chi connectivity index (χ3v) is 3.20. The molecule has 0 aliphatic rings. The third-order valence-electron chi connectivity index (χ3n) is 1.28. The molecule has 1 rings (SSSR count). The van der Waals surface area contributed by atoms with Gasteiger partial charge in [0, 0.05) is 0 Å². The number of nitrogens with zero attached hydrogens (tertiary/aromatic N) is 1. The molecule has 0 bridgehead atoms. The van der Waals surface area contributed by atoms with Gasteiger partial charge in [0.05, 0.1) is 6.20 Å². The zero-order valence-corrected chi connectivity index (χ0v) is 10.8. The van der Waals surface area contributed by atoms with Crippen LogP contribution in [0.4, 0.5) is 9.80 Å². The maximum absolute atomic E-state index is 11.4. The molecule has 1 aromatic rings. The topological polar surface area (TPSA) is 51.2 Å². The monoisotopic (exact) mass is 246 g/mol. The highest BCUT2D eigenvalue weighted by Crippen LogP contribution is 2.26. The van der Waals surface area contributed by atoms with Crippen LogP contribution in [0.1, 0.15) is 20.8 Å². The normalized spacial score (nSPS) is 11.2. The molecule has 1 N–H and O–H groups in total. The molecule has 15 heavy (non-hydrogen) atoms. The first-order valence-electron chi connectivity index (χ1n) is 4.40. The van der Waals surface area contributed by atoms with Crippen molar-refractivity contribution in [3.8, 4) is 0 Å². The lowest BCUT2D eigenvalue weighted by molar-refractivity contribution is 0.0636. The van der Waals surface area contributed by atoms with Gasteiger partial charge in [0.15, 0.2) is 4.34 Å². The summed E-state index contributed by atoms with van der Waals surface area (Å²) in [6.45, 7) is 5.48. The van der Waals surface area contributed by atoms with Crippen LogP contribution in [0.5, 0.6) is 0 Å². The van der Waals surface area contributed by atoms with E-state index in [0.29, 0.717) is 5.00 Å². The predicted molar refractivity (Wildman–Crippen MR) is 63.8 cm³/mol. The van der Waals surface area contributed by atoms with E-state index in [1.165, 1.54) is 11.3 Å². The van der Waals surface area contributed by atoms with Gasteiger partial charge < -0.3 is 4.74 Å². The fraction of sp³-hybridized carbons (Fsp3) is 0.556. The van der Waals surface area contributed by atoms with Crippen LogP contribution < -0.4 is 5.32 Å². The minimum Gasteiger partial charge on any atom is -0.444 e. The van der Waals surface area contributed by atoms with E-state index >= 15 is 0 Å². The molecule has 0 saturated heterocycles. The molecule has 6 heteroatoms. The fourth-order valence-electron chi connectivity index (χ4n) is 0.814. The Labute approximate surface area is 97.4 Å². The molecule has 0 aliphatic carbocycles. The van der Waals surface area contributed by atoms with E-state index in [4.69, 9.17) is 4.74 Å². The second-order valence-corrected chi connectivity index (χ2v) is 5.91. The summed E-state index contributed by atoms with van der Waals surface area (Å²) in [6, 6.07) is 0. The van der Waals surface area contributed by atoms with E-state index in [2.05, 4.69) is 10.3 Å². The van der Waals surface area contributed by atoms with Crippen LogP contribution in [-0.4, -0.2) is 22.9 Å². The first-order valence-corrected chi connectivity index (χ1v) is 6.44. The summed E-state index contributed by atoms with van der Waals surface area (Å²) in [7, 11) is 0. The van der Waals surface area contributed by atoms with Gasteiger partial charge in [0.1, 0.15) is 10.6 Å². The average Bonchev–Trinajstić information content (AvgIpc) is 2.48. The Hall–Kier alpha value is -0.750. The smallest absolute Gasteiger partial charge is 0.412 e. The Morgan fingerprint density at radius 1 is 1.60 bits per heavy atom. The van der Waals surface area contributed by atoms with Gasteiger partial charge in [-0.05, 0) is 27.0 Å². The van der Waals surface area contributed by atoms with E-state index in [1.54, 1.807) is 18.0 Å². The van der Waals surface area contributed by atoms with Crippen LogP contribution >= 0.6 is 23.1 Å². The fourth-order valence-corrected chi connectivity index (χ4v) is 2.11. The predicted octanol–water partition coefficient (Wildman–Crippen LogP) is 3.21. The molecule has 4 nitrogen and oxygen atoms in total. The van der Waals surface area contributed by atoms with Crippen molar-refractivity contribution in [1.29, 1.82) is 0 Å². The number of thiazole rings is 1. The molecule has 0 fully saturated rings. The van der Waals surface area contributed by atoms with Crippen LogP contribution in [0, 0.1) is 0 Å². The van der Waals surface area contributed by atoms with E-state index in [9.17, 15) is 4.79 Å². The lowest BCUT2D eigenvalue weighted by Gasteiger charge is -2.19. The minimum atomic E-state index is -0.475. The van der Waals surface area contributed by atoms with Gasteiger partial charge in [-0.25, -0.2) is 9.78 Å². The number of anilines is 1. The number of hydrogen-bond acceptors (Lipinski definition) is 5. The maximum atomic E-state index is 11.4. The van der Waals surface area contributed by atoms with Crippen molar-refractivity contribution in [3.05, 3.63) is 6.20 Å². The lowest BCUT2D eigenvalue weighted by atomic mass is 10.2. The van der Waals surface area contributed by atoms with Crippen molar-refractivity contribution in [1.82, 2.24) is 4.98 Å². The largest absolute Gasteiger partial charge is 0.444 e. The van der Waals surface area contributed by atoms with Crippen LogP contribution in [0.15, 0.2) is 10.5 Å². The minimum absolute atomic E-state index is 0.446. The molecule has 0 atom stereocenters. The summed E-state index contributed by atoms with van der Waals surface area (Å²) < 4.78 is 6.02. The number of thioether (sulfide) groups is 1. The zero-order valence-electron chi connectivity index (χ0n) is 9.16. The summed E-state index contributed by atoms with van der Waals surface area (Å²) in [4.78, 5) is 15.5. The van der Waals surface area contributed by atoms with E-state index in [1.807, 2.05) is 27.0 Å². The second kappa shape index (κ2) is 4.85. The molecule has 0 spiro atoms. The average molecular weight is 246 g/mol. The van der Waals surface area contributed by atoms with Crippen LogP contribution in [0.2, 0.25) is 0 Å². The van der Waals surface area contributed by atoms with Gasteiger partial charge in [0.2, 0.25) is 0 Å². The van der Waals surface area contributed by atoms with Gasteiger partial charge in [-0.3, -0.25) is 5.32 Å². The second-order valence-electron chi connectivity index (χ2n) is 3.82. The Bertz CT molecular complexity index is 344. The van der Waals surface area contributed by atoms with Crippen LogP contribution in [0.25, 0.3) is 0 Å². The molecule has 0 aromatic carbocycles. The SMILES string of the molecule is CSc1ncc(NC(=O)OC(C)(C)C)s1. The summed E-state index contributed by atoms with van der Waals surface area (Å²) >= 11 is 2.97.